The van der Waals surface area contributed by atoms with Crippen LogP contribution < -0.4 is 21.5 Å². The molecule has 0 heterocycles. The van der Waals surface area contributed by atoms with Crippen LogP contribution in [0.4, 0.5) is 11.4 Å². The van der Waals surface area contributed by atoms with E-state index < -0.39 is 0 Å². The van der Waals surface area contributed by atoms with Gasteiger partial charge in [0.25, 0.3) is 11.8 Å². The summed E-state index contributed by atoms with van der Waals surface area (Å²) >= 11 is 0. The third-order valence-corrected chi connectivity index (χ3v) is 5.20. The molecule has 3 aromatic rings. The standard InChI is InChI=1S/C28H28N6O4/c1-3-25(35)31-23-13-9-21(10-14-23)27(37)33-29-17-19-5-7-20(8-6-19)18-30-34-28(38)22-11-15-24(16-12-22)32-26(36)4-2/h5-18H,3-4H2,1-2H3,(H,31,35)(H,32,36)(H,33,37)(H,34,38)/b29-17-,30-18+. The lowest BCUT2D eigenvalue weighted by Gasteiger charge is -2.05. The fourth-order valence-corrected chi connectivity index (χ4v) is 3.04. The van der Waals surface area contributed by atoms with E-state index in [0.717, 1.165) is 11.1 Å². The molecule has 0 saturated heterocycles. The highest BCUT2D eigenvalue weighted by Gasteiger charge is 2.06. The molecule has 10 nitrogen and oxygen atoms in total. The second-order valence-corrected chi connectivity index (χ2v) is 8.02. The number of nitrogens with one attached hydrogen (secondary N) is 4. The second-order valence-electron chi connectivity index (χ2n) is 8.02. The molecule has 0 spiro atoms. The van der Waals surface area contributed by atoms with E-state index in [0.29, 0.717) is 35.3 Å². The molecule has 0 atom stereocenters. The quantitative estimate of drug-likeness (QED) is 0.241. The fourth-order valence-electron chi connectivity index (χ4n) is 3.04. The molecule has 3 aromatic carbocycles. The Morgan fingerprint density at radius 3 is 1.24 bits per heavy atom. The maximum atomic E-state index is 12.2. The van der Waals surface area contributed by atoms with Gasteiger partial charge in [-0.1, -0.05) is 38.1 Å². The van der Waals surface area contributed by atoms with E-state index in [-0.39, 0.29) is 23.6 Å². The predicted octanol–water partition coefficient (Wildman–Crippen LogP) is 3.91. The van der Waals surface area contributed by atoms with Gasteiger partial charge in [0.15, 0.2) is 0 Å². The van der Waals surface area contributed by atoms with Crippen molar-refractivity contribution in [2.75, 3.05) is 10.6 Å². The summed E-state index contributed by atoms with van der Waals surface area (Å²) in [5.41, 5.74) is 8.47. The van der Waals surface area contributed by atoms with E-state index in [9.17, 15) is 19.2 Å². The zero-order valence-electron chi connectivity index (χ0n) is 21.0. The van der Waals surface area contributed by atoms with Gasteiger partial charge in [-0.2, -0.15) is 10.2 Å². The Morgan fingerprint density at radius 2 is 0.921 bits per heavy atom. The molecule has 4 N–H and O–H groups in total. The van der Waals surface area contributed by atoms with Crippen molar-refractivity contribution < 1.29 is 19.2 Å². The number of rotatable bonds is 10. The molecule has 3 rings (SSSR count). The molecule has 0 radical (unpaired) electrons. The first kappa shape index (κ1) is 27.5. The molecule has 0 aliphatic rings. The van der Waals surface area contributed by atoms with Crippen molar-refractivity contribution in [1.82, 2.24) is 10.9 Å². The topological polar surface area (TPSA) is 141 Å². The maximum absolute atomic E-state index is 12.2. The first-order valence-electron chi connectivity index (χ1n) is 11.9. The zero-order chi connectivity index (χ0) is 27.3. The lowest BCUT2D eigenvalue weighted by molar-refractivity contribution is -0.116. The van der Waals surface area contributed by atoms with Gasteiger partial charge in [0.2, 0.25) is 11.8 Å². The average molecular weight is 513 g/mol. The monoisotopic (exact) mass is 512 g/mol. The summed E-state index contributed by atoms with van der Waals surface area (Å²) in [5, 5.41) is 13.4. The van der Waals surface area contributed by atoms with Gasteiger partial charge >= 0.3 is 0 Å². The number of carbonyl (C=O) groups is 4. The van der Waals surface area contributed by atoms with Gasteiger partial charge in [0.1, 0.15) is 0 Å². The maximum Gasteiger partial charge on any atom is 0.271 e. The Kier molecular flexibility index (Phi) is 10.00. The van der Waals surface area contributed by atoms with Crippen molar-refractivity contribution in [2.45, 2.75) is 26.7 Å². The number of anilines is 2. The third kappa shape index (κ3) is 8.52. The molecule has 0 aliphatic heterocycles. The first-order valence-corrected chi connectivity index (χ1v) is 11.9. The molecule has 0 bridgehead atoms. The van der Waals surface area contributed by atoms with Crippen LogP contribution in [0.25, 0.3) is 0 Å². The van der Waals surface area contributed by atoms with Gasteiger partial charge in [-0.15, -0.1) is 0 Å². The van der Waals surface area contributed by atoms with Crippen LogP contribution in [0, 0.1) is 0 Å². The van der Waals surface area contributed by atoms with E-state index in [1.807, 2.05) is 0 Å². The van der Waals surface area contributed by atoms with Gasteiger partial charge in [0.05, 0.1) is 12.4 Å². The average Bonchev–Trinajstić information content (AvgIpc) is 2.94. The van der Waals surface area contributed by atoms with Crippen LogP contribution in [0.2, 0.25) is 0 Å². The summed E-state index contributed by atoms with van der Waals surface area (Å²) < 4.78 is 0. The van der Waals surface area contributed by atoms with Crippen LogP contribution in [0.15, 0.2) is 83.0 Å². The number of hydrogen-bond donors (Lipinski definition) is 4. The number of amides is 4. The molecule has 4 amide bonds. The summed E-state index contributed by atoms with van der Waals surface area (Å²) in [5.74, 6) is -0.963. The van der Waals surface area contributed by atoms with Crippen molar-refractivity contribution in [1.29, 1.82) is 0 Å². The zero-order valence-corrected chi connectivity index (χ0v) is 21.0. The number of nitrogens with zero attached hydrogens (tertiary/aromatic N) is 2. The normalized spacial score (nSPS) is 10.8. The smallest absolute Gasteiger partial charge is 0.271 e. The Labute approximate surface area is 220 Å². The van der Waals surface area contributed by atoms with Crippen LogP contribution in [-0.4, -0.2) is 36.1 Å². The lowest BCUT2D eigenvalue weighted by atomic mass is 10.2. The Balaban J connectivity index is 1.46. The highest BCUT2D eigenvalue weighted by atomic mass is 16.2. The van der Waals surface area contributed by atoms with E-state index in [4.69, 9.17) is 0 Å². The number of carbonyl (C=O) groups excluding carboxylic acids is 4. The molecular weight excluding hydrogens is 484 g/mol. The summed E-state index contributed by atoms with van der Waals surface area (Å²) in [7, 11) is 0. The second kappa shape index (κ2) is 13.8. The number of hydrazone groups is 2. The number of hydrogen-bond acceptors (Lipinski definition) is 6. The molecule has 0 unspecified atom stereocenters. The molecule has 0 fully saturated rings. The minimum atomic E-state index is -0.380. The van der Waals surface area contributed by atoms with Crippen LogP contribution >= 0.6 is 0 Å². The third-order valence-electron chi connectivity index (χ3n) is 5.20. The van der Waals surface area contributed by atoms with Gasteiger partial charge in [0, 0.05) is 35.3 Å². The van der Waals surface area contributed by atoms with Gasteiger partial charge in [-0.3, -0.25) is 19.2 Å². The van der Waals surface area contributed by atoms with Crippen LogP contribution in [-0.2, 0) is 9.59 Å². The molecule has 38 heavy (non-hydrogen) atoms. The Morgan fingerprint density at radius 1 is 0.579 bits per heavy atom. The van der Waals surface area contributed by atoms with Gasteiger partial charge in [-0.25, -0.2) is 10.9 Å². The van der Waals surface area contributed by atoms with Crippen molar-refractivity contribution in [3.63, 3.8) is 0 Å². The van der Waals surface area contributed by atoms with Crippen molar-refractivity contribution in [2.24, 2.45) is 10.2 Å². The van der Waals surface area contributed by atoms with E-state index in [2.05, 4.69) is 31.7 Å². The lowest BCUT2D eigenvalue weighted by Crippen LogP contribution is -2.18. The van der Waals surface area contributed by atoms with Crippen molar-refractivity contribution >= 4 is 47.4 Å². The summed E-state index contributed by atoms with van der Waals surface area (Å²) in [6, 6.07) is 20.2. The number of benzene rings is 3. The predicted molar refractivity (Wildman–Crippen MR) is 147 cm³/mol. The van der Waals surface area contributed by atoms with Crippen LogP contribution in [0.3, 0.4) is 0 Å². The first-order chi connectivity index (χ1) is 18.4. The van der Waals surface area contributed by atoms with Crippen LogP contribution in [0.1, 0.15) is 58.5 Å². The molecule has 0 aromatic heterocycles. The molecular formula is C28H28N6O4. The molecule has 10 heteroatoms. The molecule has 194 valence electrons. The van der Waals surface area contributed by atoms with Gasteiger partial charge < -0.3 is 10.6 Å². The highest BCUT2D eigenvalue weighted by molar-refractivity contribution is 5.97. The highest BCUT2D eigenvalue weighted by Crippen LogP contribution is 2.11. The van der Waals surface area contributed by atoms with Gasteiger partial charge in [-0.05, 0) is 59.7 Å². The molecule has 0 aliphatic carbocycles. The van der Waals surface area contributed by atoms with E-state index in [1.165, 1.54) is 12.4 Å². The van der Waals surface area contributed by atoms with Crippen LogP contribution in [0.5, 0.6) is 0 Å². The Hall–Kier alpha value is -5.12. The van der Waals surface area contributed by atoms with Crippen molar-refractivity contribution in [3.8, 4) is 0 Å². The van der Waals surface area contributed by atoms with Crippen molar-refractivity contribution in [3.05, 3.63) is 95.1 Å². The Bertz CT molecular complexity index is 1230. The summed E-state index contributed by atoms with van der Waals surface area (Å²) in [6.45, 7) is 3.52. The van der Waals surface area contributed by atoms with E-state index in [1.54, 1.807) is 86.6 Å². The minimum Gasteiger partial charge on any atom is -0.326 e. The fraction of sp³-hybridized carbons (Fsp3) is 0.143. The summed E-state index contributed by atoms with van der Waals surface area (Å²) in [6.07, 6.45) is 3.75. The van der Waals surface area contributed by atoms with E-state index >= 15 is 0 Å². The molecule has 0 saturated carbocycles. The summed E-state index contributed by atoms with van der Waals surface area (Å²) in [4.78, 5) is 47.3. The minimum absolute atomic E-state index is 0.101. The SMILES string of the molecule is CCC(=O)Nc1ccc(C(=O)N/N=C\c2ccc(/C=N/NC(=O)c3ccc(NC(=O)CC)cc3)cc2)cc1. The largest absolute Gasteiger partial charge is 0.326 e.